The second-order valence-electron chi connectivity index (χ2n) is 2.33. The molecule has 0 fully saturated rings. The van der Waals surface area contributed by atoms with E-state index in [0.717, 1.165) is 12.8 Å². The smallest absolute Gasteiger partial charge is 0.459 e. The summed E-state index contributed by atoms with van der Waals surface area (Å²) in [5.41, 5.74) is 0. The lowest BCUT2D eigenvalue weighted by molar-refractivity contribution is -0.143. The van der Waals surface area contributed by atoms with E-state index in [4.69, 9.17) is 19.1 Å². The summed E-state index contributed by atoms with van der Waals surface area (Å²) in [5.74, 6) is -0.325. The Bertz CT molecular complexity index is 184. The molecule has 14 heavy (non-hydrogen) atoms. The zero-order valence-corrected chi connectivity index (χ0v) is 9.24. The van der Waals surface area contributed by atoms with Crippen LogP contribution in [0.25, 0.3) is 0 Å². The van der Waals surface area contributed by atoms with Crippen LogP contribution in [0.4, 0.5) is 0 Å². The number of carbonyl (C=O) groups excluding carboxylic acids is 1. The summed E-state index contributed by atoms with van der Waals surface area (Å²) in [6, 6.07) is 0. The number of carbonyl (C=O) groups is 1. The van der Waals surface area contributed by atoms with Crippen LogP contribution in [0.5, 0.6) is 0 Å². The topological polar surface area (TPSA) is 83.8 Å². The van der Waals surface area contributed by atoms with E-state index in [-0.39, 0.29) is 12.1 Å². The first-order chi connectivity index (χ1) is 6.47. The maximum Gasteiger partial charge on any atom is 0.692 e. The van der Waals surface area contributed by atoms with Crippen molar-refractivity contribution in [2.24, 2.45) is 0 Å². The van der Waals surface area contributed by atoms with Gasteiger partial charge >= 0.3 is 14.2 Å². The van der Waals surface area contributed by atoms with E-state index in [9.17, 15) is 4.79 Å². The maximum atomic E-state index is 10.6. The van der Waals surface area contributed by atoms with E-state index in [2.05, 4.69) is 6.58 Å². The molecule has 0 saturated carbocycles. The number of ether oxygens (including phenoxy) is 1. The van der Waals surface area contributed by atoms with Crippen molar-refractivity contribution in [3.63, 3.8) is 0 Å². The highest BCUT2D eigenvalue weighted by Gasteiger charge is 2.05. The molecule has 0 spiro atoms. The van der Waals surface area contributed by atoms with Gasteiger partial charge in [-0.1, -0.05) is 20.4 Å². The van der Waals surface area contributed by atoms with Crippen LogP contribution in [-0.2, 0) is 14.1 Å². The first-order valence-corrected chi connectivity index (χ1v) is 5.32. The van der Waals surface area contributed by atoms with Crippen LogP contribution in [0.1, 0.15) is 26.7 Å². The van der Waals surface area contributed by atoms with Gasteiger partial charge < -0.3 is 4.74 Å². The summed E-state index contributed by atoms with van der Waals surface area (Å²) in [7, 11) is -2.87. The predicted octanol–water partition coefficient (Wildman–Crippen LogP) is 1.53. The molecule has 0 rings (SSSR count). The van der Waals surface area contributed by atoms with Crippen molar-refractivity contribution < 1.29 is 23.9 Å². The zero-order valence-electron chi connectivity index (χ0n) is 8.34. The van der Waals surface area contributed by atoms with E-state index < -0.39 is 8.25 Å². The summed E-state index contributed by atoms with van der Waals surface area (Å²) in [5, 5.41) is 0. The molecule has 0 aromatic rings. The number of esters is 1. The SMILES string of the molecule is C=CC(=O)OC(CC)CC.O=[P+](O)O. The lowest BCUT2D eigenvalue weighted by Gasteiger charge is -2.11. The standard InChI is InChI=1S/C8H14O2.HO3P/c1-4-7(5-2)10-8(9)6-3;1-4(2)3/h6-7H,3-5H2,1-2H3;(H-,1,2,3)/p+1. The number of hydrogen-bond acceptors (Lipinski definition) is 3. The van der Waals surface area contributed by atoms with Crippen LogP contribution in [0.2, 0.25) is 0 Å². The third-order valence-electron chi connectivity index (χ3n) is 1.36. The molecule has 0 saturated heterocycles. The Labute approximate surface area is 84.4 Å². The van der Waals surface area contributed by atoms with Gasteiger partial charge in [0.1, 0.15) is 6.10 Å². The zero-order chi connectivity index (χ0) is 11.6. The minimum atomic E-state index is -2.87. The fourth-order valence-electron chi connectivity index (χ4n) is 0.668. The Morgan fingerprint density at radius 2 is 1.86 bits per heavy atom. The summed E-state index contributed by atoms with van der Waals surface area (Å²) >= 11 is 0. The molecule has 0 aliphatic heterocycles. The summed E-state index contributed by atoms with van der Waals surface area (Å²) in [6.45, 7) is 7.29. The van der Waals surface area contributed by atoms with E-state index in [0.29, 0.717) is 0 Å². The fraction of sp³-hybridized carbons (Fsp3) is 0.625. The molecule has 0 atom stereocenters. The minimum absolute atomic E-state index is 0.0606. The molecule has 0 bridgehead atoms. The van der Waals surface area contributed by atoms with Gasteiger partial charge in [-0.15, -0.1) is 9.79 Å². The van der Waals surface area contributed by atoms with Crippen molar-refractivity contribution in [2.45, 2.75) is 32.8 Å². The van der Waals surface area contributed by atoms with Crippen LogP contribution >= 0.6 is 8.25 Å². The third kappa shape index (κ3) is 13.8. The van der Waals surface area contributed by atoms with Gasteiger partial charge in [0.15, 0.2) is 0 Å². The van der Waals surface area contributed by atoms with Crippen molar-refractivity contribution in [3.05, 3.63) is 12.7 Å². The fourth-order valence-corrected chi connectivity index (χ4v) is 0.668. The molecule has 0 aromatic heterocycles. The lowest BCUT2D eigenvalue weighted by Crippen LogP contribution is -2.14. The molecular formula is C8H16O5P+. The van der Waals surface area contributed by atoms with Crippen molar-refractivity contribution in [2.75, 3.05) is 0 Å². The summed E-state index contributed by atoms with van der Waals surface area (Å²) < 4.78 is 13.6. The van der Waals surface area contributed by atoms with Crippen molar-refractivity contribution in [1.82, 2.24) is 0 Å². The third-order valence-corrected chi connectivity index (χ3v) is 1.36. The van der Waals surface area contributed by atoms with E-state index in [1.165, 1.54) is 6.08 Å². The summed E-state index contributed by atoms with van der Waals surface area (Å²) in [4.78, 5) is 24.8. The monoisotopic (exact) mass is 223 g/mol. The van der Waals surface area contributed by atoms with Crippen LogP contribution in [0, 0.1) is 0 Å². The van der Waals surface area contributed by atoms with Crippen LogP contribution in [0.3, 0.4) is 0 Å². The summed E-state index contributed by atoms with van der Waals surface area (Å²) in [6.07, 6.45) is 3.00. The highest BCUT2D eigenvalue weighted by Crippen LogP contribution is 2.02. The molecule has 0 aliphatic carbocycles. The molecule has 0 heterocycles. The van der Waals surface area contributed by atoms with Gasteiger partial charge in [0, 0.05) is 10.6 Å². The first kappa shape index (κ1) is 15.7. The highest BCUT2D eigenvalue weighted by atomic mass is 31.1. The minimum Gasteiger partial charge on any atom is -0.459 e. The molecule has 0 radical (unpaired) electrons. The van der Waals surface area contributed by atoms with E-state index >= 15 is 0 Å². The second-order valence-corrected chi connectivity index (χ2v) is 2.84. The van der Waals surface area contributed by atoms with Gasteiger partial charge in [-0.25, -0.2) is 4.79 Å². The Morgan fingerprint density at radius 1 is 1.50 bits per heavy atom. The van der Waals surface area contributed by atoms with Crippen LogP contribution < -0.4 is 0 Å². The van der Waals surface area contributed by atoms with Gasteiger partial charge in [-0.05, 0) is 12.8 Å². The molecule has 0 amide bonds. The molecule has 2 N–H and O–H groups in total. The predicted molar refractivity (Wildman–Crippen MR) is 52.7 cm³/mol. The molecule has 82 valence electrons. The van der Waals surface area contributed by atoms with Crippen LogP contribution in [-0.4, -0.2) is 21.9 Å². The van der Waals surface area contributed by atoms with Gasteiger partial charge in [0.05, 0.1) is 0 Å². The Kier molecular flexibility index (Phi) is 11.6. The molecule has 0 aromatic carbocycles. The maximum absolute atomic E-state index is 10.6. The Balaban J connectivity index is 0. The van der Waals surface area contributed by atoms with E-state index in [1.54, 1.807) is 0 Å². The van der Waals surface area contributed by atoms with Gasteiger partial charge in [0.25, 0.3) is 0 Å². The molecular weight excluding hydrogens is 207 g/mol. The van der Waals surface area contributed by atoms with Crippen molar-refractivity contribution in [3.8, 4) is 0 Å². The van der Waals surface area contributed by atoms with Gasteiger partial charge in [-0.2, -0.15) is 0 Å². The molecule has 0 unspecified atom stereocenters. The van der Waals surface area contributed by atoms with Gasteiger partial charge in [-0.3, -0.25) is 0 Å². The first-order valence-electron chi connectivity index (χ1n) is 4.15. The average molecular weight is 223 g/mol. The molecule has 5 nitrogen and oxygen atoms in total. The van der Waals surface area contributed by atoms with Gasteiger partial charge in [0.2, 0.25) is 0 Å². The number of rotatable bonds is 4. The second kappa shape index (κ2) is 10.3. The Hall–Kier alpha value is -0.770. The van der Waals surface area contributed by atoms with E-state index in [1.807, 2.05) is 13.8 Å². The largest absolute Gasteiger partial charge is 0.692 e. The normalized spacial score (nSPS) is 8.64. The quantitative estimate of drug-likeness (QED) is 0.429. The average Bonchev–Trinajstić information content (AvgIpc) is 2.12. The number of hydrogen-bond donors (Lipinski definition) is 2. The Morgan fingerprint density at radius 3 is 2.07 bits per heavy atom. The molecule has 6 heteroatoms. The molecule has 0 aliphatic rings. The van der Waals surface area contributed by atoms with Crippen molar-refractivity contribution >= 4 is 14.2 Å². The highest BCUT2D eigenvalue weighted by molar-refractivity contribution is 7.30. The van der Waals surface area contributed by atoms with Crippen LogP contribution in [0.15, 0.2) is 12.7 Å². The van der Waals surface area contributed by atoms with Crippen molar-refractivity contribution in [1.29, 1.82) is 0 Å². The lowest BCUT2D eigenvalue weighted by atomic mass is 10.2.